The first-order valence-corrected chi connectivity index (χ1v) is 6.48. The molecule has 0 aliphatic heterocycles. The Morgan fingerprint density at radius 2 is 2.25 bits per heavy atom. The summed E-state index contributed by atoms with van der Waals surface area (Å²) in [4.78, 5) is 0. The second-order valence-electron chi connectivity index (χ2n) is 4.55. The third kappa shape index (κ3) is 4.79. The number of aryl methyl sites for hydroxylation is 2. The smallest absolute Gasteiger partial charge is 0.0521 e. The zero-order valence-corrected chi connectivity index (χ0v) is 10.9. The van der Waals surface area contributed by atoms with Crippen LogP contribution in [-0.2, 0) is 13.0 Å². The van der Waals surface area contributed by atoms with Crippen molar-refractivity contribution in [2.75, 3.05) is 13.1 Å². The van der Waals surface area contributed by atoms with Crippen LogP contribution in [0.3, 0.4) is 0 Å². The lowest BCUT2D eigenvalue weighted by atomic mass is 10.0. The number of nitrogens with zero attached hydrogens (tertiary/aromatic N) is 2. The van der Waals surface area contributed by atoms with Crippen molar-refractivity contribution in [2.45, 2.75) is 46.6 Å². The lowest BCUT2D eigenvalue weighted by Gasteiger charge is -2.11. The van der Waals surface area contributed by atoms with Crippen molar-refractivity contribution >= 4 is 0 Å². The quantitative estimate of drug-likeness (QED) is 0.686. The van der Waals surface area contributed by atoms with Crippen LogP contribution in [0.25, 0.3) is 0 Å². The highest BCUT2D eigenvalue weighted by Crippen LogP contribution is 2.08. The van der Waals surface area contributed by atoms with Gasteiger partial charge in [-0.1, -0.05) is 13.8 Å². The summed E-state index contributed by atoms with van der Waals surface area (Å²) in [6.45, 7) is 9.87. The van der Waals surface area contributed by atoms with E-state index in [0.29, 0.717) is 0 Å². The maximum absolute atomic E-state index is 4.29. The monoisotopic (exact) mass is 223 g/mol. The number of nitrogens with one attached hydrogen (secondary N) is 1. The van der Waals surface area contributed by atoms with E-state index in [1.165, 1.54) is 18.4 Å². The fourth-order valence-electron chi connectivity index (χ4n) is 1.75. The third-order valence-corrected chi connectivity index (χ3v) is 2.86. The molecular formula is C13H25N3. The molecule has 16 heavy (non-hydrogen) atoms. The minimum Gasteiger partial charge on any atom is -0.316 e. The molecule has 1 N–H and O–H groups in total. The molecular weight excluding hydrogens is 198 g/mol. The van der Waals surface area contributed by atoms with Crippen LogP contribution in [0.15, 0.2) is 12.4 Å². The van der Waals surface area contributed by atoms with Gasteiger partial charge in [-0.3, -0.25) is 4.68 Å². The Labute approximate surface area is 99.2 Å². The Morgan fingerprint density at radius 3 is 2.88 bits per heavy atom. The highest BCUT2D eigenvalue weighted by molar-refractivity contribution is 5.03. The standard InChI is InChI=1S/C13H25N3/c1-4-8-14-9-12(3)6-7-13-10-15-16(5-2)11-13/h10-12,14H,4-9H2,1-3H3. The van der Waals surface area contributed by atoms with Gasteiger partial charge in [-0.2, -0.15) is 5.10 Å². The average Bonchev–Trinajstić information content (AvgIpc) is 2.74. The maximum atomic E-state index is 4.29. The molecule has 1 unspecified atom stereocenters. The van der Waals surface area contributed by atoms with Gasteiger partial charge in [0.15, 0.2) is 0 Å². The minimum atomic E-state index is 0.747. The second-order valence-corrected chi connectivity index (χ2v) is 4.55. The third-order valence-electron chi connectivity index (χ3n) is 2.86. The molecule has 0 saturated carbocycles. The van der Waals surface area contributed by atoms with E-state index < -0.39 is 0 Å². The summed E-state index contributed by atoms with van der Waals surface area (Å²) in [5.41, 5.74) is 1.36. The van der Waals surface area contributed by atoms with E-state index in [9.17, 15) is 0 Å². The summed E-state index contributed by atoms with van der Waals surface area (Å²) in [7, 11) is 0. The van der Waals surface area contributed by atoms with Gasteiger partial charge in [0, 0.05) is 12.7 Å². The molecule has 0 bridgehead atoms. The summed E-state index contributed by atoms with van der Waals surface area (Å²) in [6.07, 6.45) is 7.76. The zero-order chi connectivity index (χ0) is 11.8. The van der Waals surface area contributed by atoms with Gasteiger partial charge in [0.25, 0.3) is 0 Å². The lowest BCUT2D eigenvalue weighted by Crippen LogP contribution is -2.22. The van der Waals surface area contributed by atoms with Crippen molar-refractivity contribution in [3.05, 3.63) is 18.0 Å². The highest BCUT2D eigenvalue weighted by Gasteiger charge is 2.03. The molecule has 0 fully saturated rings. The molecule has 1 aromatic rings. The van der Waals surface area contributed by atoms with Gasteiger partial charge in [-0.05, 0) is 50.8 Å². The molecule has 0 amide bonds. The number of rotatable bonds is 8. The van der Waals surface area contributed by atoms with E-state index in [-0.39, 0.29) is 0 Å². The van der Waals surface area contributed by atoms with Gasteiger partial charge in [0.05, 0.1) is 6.20 Å². The van der Waals surface area contributed by atoms with Crippen LogP contribution in [0.4, 0.5) is 0 Å². The van der Waals surface area contributed by atoms with E-state index >= 15 is 0 Å². The Balaban J connectivity index is 2.18. The Hall–Kier alpha value is -0.830. The van der Waals surface area contributed by atoms with Crippen LogP contribution in [0, 0.1) is 5.92 Å². The molecule has 0 aliphatic carbocycles. The van der Waals surface area contributed by atoms with Crippen molar-refractivity contribution in [1.82, 2.24) is 15.1 Å². The zero-order valence-electron chi connectivity index (χ0n) is 10.9. The van der Waals surface area contributed by atoms with Gasteiger partial charge in [0.1, 0.15) is 0 Å². The number of hydrogen-bond acceptors (Lipinski definition) is 2. The maximum Gasteiger partial charge on any atom is 0.0521 e. The van der Waals surface area contributed by atoms with Crippen LogP contribution < -0.4 is 5.32 Å². The summed E-state index contributed by atoms with van der Waals surface area (Å²) in [5.74, 6) is 0.747. The SMILES string of the molecule is CCCNCC(C)CCc1cnn(CC)c1. The Morgan fingerprint density at radius 1 is 1.44 bits per heavy atom. The van der Waals surface area contributed by atoms with Crippen LogP contribution in [0.5, 0.6) is 0 Å². The molecule has 1 aromatic heterocycles. The summed E-state index contributed by atoms with van der Waals surface area (Å²) in [5, 5.41) is 7.76. The summed E-state index contributed by atoms with van der Waals surface area (Å²) < 4.78 is 2.00. The molecule has 1 heterocycles. The minimum absolute atomic E-state index is 0.747. The van der Waals surface area contributed by atoms with Crippen molar-refractivity contribution < 1.29 is 0 Å². The average molecular weight is 223 g/mol. The predicted octanol–water partition coefficient (Wildman–Crippen LogP) is 2.47. The molecule has 92 valence electrons. The fourth-order valence-corrected chi connectivity index (χ4v) is 1.75. The van der Waals surface area contributed by atoms with E-state index in [4.69, 9.17) is 0 Å². The van der Waals surface area contributed by atoms with Gasteiger partial charge in [-0.25, -0.2) is 0 Å². The first-order valence-electron chi connectivity index (χ1n) is 6.48. The van der Waals surface area contributed by atoms with Crippen LogP contribution in [0.1, 0.15) is 39.2 Å². The van der Waals surface area contributed by atoms with Crippen LogP contribution >= 0.6 is 0 Å². The Kier molecular flexibility index (Phi) is 6.16. The van der Waals surface area contributed by atoms with Crippen LogP contribution in [-0.4, -0.2) is 22.9 Å². The van der Waals surface area contributed by atoms with Gasteiger partial charge >= 0.3 is 0 Å². The van der Waals surface area contributed by atoms with Gasteiger partial charge in [0.2, 0.25) is 0 Å². The molecule has 3 nitrogen and oxygen atoms in total. The second kappa shape index (κ2) is 7.44. The molecule has 0 saturated heterocycles. The largest absolute Gasteiger partial charge is 0.316 e. The highest BCUT2D eigenvalue weighted by atomic mass is 15.3. The fraction of sp³-hybridized carbons (Fsp3) is 0.769. The number of hydrogen-bond donors (Lipinski definition) is 1. The molecule has 1 atom stereocenters. The predicted molar refractivity (Wildman–Crippen MR) is 68.5 cm³/mol. The molecule has 0 spiro atoms. The first kappa shape index (κ1) is 13.2. The van der Waals surface area contributed by atoms with Crippen LogP contribution in [0.2, 0.25) is 0 Å². The topological polar surface area (TPSA) is 29.9 Å². The van der Waals surface area contributed by atoms with E-state index in [0.717, 1.165) is 32.0 Å². The summed E-state index contributed by atoms with van der Waals surface area (Å²) in [6, 6.07) is 0. The van der Waals surface area contributed by atoms with E-state index in [2.05, 4.69) is 37.4 Å². The first-order chi connectivity index (χ1) is 7.76. The van der Waals surface area contributed by atoms with Crippen molar-refractivity contribution in [3.8, 4) is 0 Å². The molecule has 0 aromatic carbocycles. The lowest BCUT2D eigenvalue weighted by molar-refractivity contribution is 0.481. The molecule has 0 aliphatic rings. The Bertz CT molecular complexity index is 280. The summed E-state index contributed by atoms with van der Waals surface area (Å²) >= 11 is 0. The van der Waals surface area contributed by atoms with Crippen molar-refractivity contribution in [2.24, 2.45) is 5.92 Å². The van der Waals surface area contributed by atoms with Crippen molar-refractivity contribution in [1.29, 1.82) is 0 Å². The number of aromatic nitrogens is 2. The van der Waals surface area contributed by atoms with Gasteiger partial charge < -0.3 is 5.32 Å². The van der Waals surface area contributed by atoms with E-state index in [1.807, 2.05) is 10.9 Å². The molecule has 1 rings (SSSR count). The molecule has 0 radical (unpaired) electrons. The van der Waals surface area contributed by atoms with Crippen molar-refractivity contribution in [3.63, 3.8) is 0 Å². The van der Waals surface area contributed by atoms with Gasteiger partial charge in [-0.15, -0.1) is 0 Å². The molecule has 3 heteroatoms. The normalized spacial score (nSPS) is 12.9. The van der Waals surface area contributed by atoms with E-state index in [1.54, 1.807) is 0 Å².